The molecule has 0 spiro atoms. The number of carbonyl (C=O) groups is 2. The van der Waals surface area contributed by atoms with Crippen LogP contribution in [0.15, 0.2) is 36.5 Å². The van der Waals surface area contributed by atoms with Crippen LogP contribution in [0.25, 0.3) is 11.2 Å². The maximum Gasteiger partial charge on any atom is 0.255 e. The van der Waals surface area contributed by atoms with Gasteiger partial charge in [-0.25, -0.2) is 4.98 Å². The Morgan fingerprint density at radius 1 is 1.32 bits per heavy atom. The number of nitrogens with one attached hydrogen (secondary N) is 2. The van der Waals surface area contributed by atoms with E-state index in [1.165, 1.54) is 18.1 Å². The van der Waals surface area contributed by atoms with Gasteiger partial charge in [0.05, 0.1) is 12.1 Å². The van der Waals surface area contributed by atoms with Crippen molar-refractivity contribution >= 4 is 28.7 Å². The van der Waals surface area contributed by atoms with E-state index < -0.39 is 0 Å². The summed E-state index contributed by atoms with van der Waals surface area (Å²) in [6.07, 6.45) is 6.73. The number of fused-ring (bicyclic) bond motifs is 1. The second kappa shape index (κ2) is 6.80. The number of carbonyl (C=O) groups excluding carboxylic acids is 2. The van der Waals surface area contributed by atoms with E-state index in [1.807, 2.05) is 0 Å². The maximum absolute atomic E-state index is 12.4. The first kappa shape index (κ1) is 16.1. The number of anilines is 1. The van der Waals surface area contributed by atoms with Crippen molar-refractivity contribution in [1.29, 1.82) is 0 Å². The van der Waals surface area contributed by atoms with Crippen molar-refractivity contribution in [3.05, 3.63) is 47.7 Å². The Kier molecular flexibility index (Phi) is 4.39. The molecule has 3 rings (SSSR count). The molecule has 25 heavy (non-hydrogen) atoms. The van der Waals surface area contributed by atoms with Crippen LogP contribution in [-0.4, -0.2) is 50.7 Å². The van der Waals surface area contributed by atoms with Gasteiger partial charge < -0.3 is 10.2 Å². The monoisotopic (exact) mass is 334 g/mol. The van der Waals surface area contributed by atoms with Crippen LogP contribution in [0.5, 0.6) is 0 Å². The number of hydrogen-bond donors (Lipinski definition) is 2. The molecule has 0 fully saturated rings. The summed E-state index contributed by atoms with van der Waals surface area (Å²) in [6, 6.07) is 8.49. The summed E-state index contributed by atoms with van der Waals surface area (Å²) < 4.78 is 0. The molecule has 2 N–H and O–H groups in total. The number of pyridine rings is 1. The first-order valence-corrected chi connectivity index (χ1v) is 7.35. The number of benzene rings is 1. The molecule has 0 aliphatic carbocycles. The summed E-state index contributed by atoms with van der Waals surface area (Å²) >= 11 is 0. The molecule has 0 aliphatic heterocycles. The summed E-state index contributed by atoms with van der Waals surface area (Å²) in [5.41, 5.74) is 2.47. The van der Waals surface area contributed by atoms with E-state index in [-0.39, 0.29) is 18.4 Å². The highest BCUT2D eigenvalue weighted by Crippen LogP contribution is 2.11. The van der Waals surface area contributed by atoms with E-state index in [9.17, 15) is 9.59 Å². The number of amides is 2. The van der Waals surface area contributed by atoms with Gasteiger partial charge in [0.25, 0.3) is 5.91 Å². The highest BCUT2D eigenvalue weighted by molar-refractivity contribution is 6.00. The first-order valence-electron chi connectivity index (χ1n) is 7.35. The molecule has 0 bridgehead atoms. The predicted molar refractivity (Wildman–Crippen MR) is 91.7 cm³/mol. The van der Waals surface area contributed by atoms with Crippen molar-refractivity contribution in [3.63, 3.8) is 0 Å². The Balaban J connectivity index is 1.66. The molecule has 0 aliphatic rings. The maximum atomic E-state index is 12.4. The fraction of sp³-hybridized carbons (Fsp3) is 0.118. The topological polar surface area (TPSA) is 104 Å². The lowest BCUT2D eigenvalue weighted by Gasteiger charge is -2.16. The zero-order valence-electron chi connectivity index (χ0n) is 13.4. The standard InChI is InChI=1S/C17H14N6O2/c1-3-11-5-4-6-13(7-11)19-15(24)10-23(2)17(25)12-8-14-16(18-9-12)21-22-20-14/h1,4-9H,10H2,2H3,(H,19,24)(H,18,20,21,22). The van der Waals surface area contributed by atoms with E-state index in [0.717, 1.165) is 0 Å². The van der Waals surface area contributed by atoms with Gasteiger partial charge in [-0.15, -0.1) is 11.5 Å². The molecular weight excluding hydrogens is 320 g/mol. The largest absolute Gasteiger partial charge is 0.332 e. The number of terminal acetylenes is 1. The summed E-state index contributed by atoms with van der Waals surface area (Å²) in [4.78, 5) is 29.9. The fourth-order valence-corrected chi connectivity index (χ4v) is 2.25. The van der Waals surface area contributed by atoms with Crippen LogP contribution < -0.4 is 5.32 Å². The zero-order chi connectivity index (χ0) is 17.8. The minimum absolute atomic E-state index is 0.115. The lowest BCUT2D eigenvalue weighted by atomic mass is 10.2. The highest BCUT2D eigenvalue weighted by atomic mass is 16.2. The molecule has 2 heterocycles. The Morgan fingerprint density at radius 3 is 2.96 bits per heavy atom. The molecule has 0 saturated carbocycles. The van der Waals surface area contributed by atoms with E-state index in [0.29, 0.717) is 28.0 Å². The van der Waals surface area contributed by atoms with Crippen molar-refractivity contribution in [2.24, 2.45) is 0 Å². The van der Waals surface area contributed by atoms with Gasteiger partial charge in [0.1, 0.15) is 5.52 Å². The van der Waals surface area contributed by atoms with Gasteiger partial charge in [-0.2, -0.15) is 10.3 Å². The molecule has 1 aromatic carbocycles. The van der Waals surface area contributed by atoms with Crippen molar-refractivity contribution in [2.45, 2.75) is 0 Å². The van der Waals surface area contributed by atoms with Crippen molar-refractivity contribution < 1.29 is 9.59 Å². The second-order valence-corrected chi connectivity index (χ2v) is 5.32. The van der Waals surface area contributed by atoms with Gasteiger partial charge in [0, 0.05) is 24.5 Å². The fourth-order valence-electron chi connectivity index (χ4n) is 2.25. The normalized spacial score (nSPS) is 10.2. The molecule has 2 aromatic heterocycles. The third kappa shape index (κ3) is 3.61. The van der Waals surface area contributed by atoms with Crippen LogP contribution in [0.1, 0.15) is 15.9 Å². The predicted octanol–water partition coefficient (Wildman–Crippen LogP) is 1.04. The van der Waals surface area contributed by atoms with Crippen molar-refractivity contribution in [2.75, 3.05) is 18.9 Å². The van der Waals surface area contributed by atoms with Crippen LogP contribution in [-0.2, 0) is 4.79 Å². The number of aromatic nitrogens is 4. The average Bonchev–Trinajstić information content (AvgIpc) is 3.08. The number of H-pyrrole nitrogens is 1. The quantitative estimate of drug-likeness (QED) is 0.694. The molecule has 8 nitrogen and oxygen atoms in total. The van der Waals surface area contributed by atoms with E-state index in [2.05, 4.69) is 31.6 Å². The van der Waals surface area contributed by atoms with E-state index in [1.54, 1.807) is 30.3 Å². The molecule has 0 radical (unpaired) electrons. The molecular formula is C17H14N6O2. The molecule has 0 unspecified atom stereocenters. The van der Waals surface area contributed by atoms with Crippen molar-refractivity contribution in [1.82, 2.24) is 25.3 Å². The third-order valence-corrected chi connectivity index (χ3v) is 3.46. The minimum Gasteiger partial charge on any atom is -0.332 e. The molecule has 124 valence electrons. The molecule has 8 heteroatoms. The van der Waals surface area contributed by atoms with E-state index >= 15 is 0 Å². The summed E-state index contributed by atoms with van der Waals surface area (Å²) in [5, 5.41) is 12.9. The van der Waals surface area contributed by atoms with Crippen LogP contribution in [0.2, 0.25) is 0 Å². The minimum atomic E-state index is -0.343. The van der Waals surface area contributed by atoms with Gasteiger partial charge in [0.2, 0.25) is 11.6 Å². The number of hydrogen-bond acceptors (Lipinski definition) is 5. The number of nitrogens with zero attached hydrogens (tertiary/aromatic N) is 4. The Hall–Kier alpha value is -3.73. The van der Waals surface area contributed by atoms with Crippen LogP contribution >= 0.6 is 0 Å². The van der Waals surface area contributed by atoms with Gasteiger partial charge in [-0.05, 0) is 24.3 Å². The zero-order valence-corrected chi connectivity index (χ0v) is 13.4. The van der Waals surface area contributed by atoms with Crippen LogP contribution in [0.4, 0.5) is 5.69 Å². The number of aromatic amines is 1. The molecule has 0 atom stereocenters. The Labute approximate surface area is 143 Å². The van der Waals surface area contributed by atoms with Gasteiger partial charge in [-0.1, -0.05) is 12.0 Å². The number of rotatable bonds is 4. The number of likely N-dealkylation sites (N-methyl/N-ethyl adjacent to an activating group) is 1. The van der Waals surface area contributed by atoms with E-state index in [4.69, 9.17) is 6.42 Å². The summed E-state index contributed by atoms with van der Waals surface area (Å²) in [7, 11) is 1.53. The summed E-state index contributed by atoms with van der Waals surface area (Å²) in [5.74, 6) is 1.82. The molecule has 2 amide bonds. The second-order valence-electron chi connectivity index (χ2n) is 5.32. The molecule has 0 saturated heterocycles. The van der Waals surface area contributed by atoms with Gasteiger partial charge >= 0.3 is 0 Å². The highest BCUT2D eigenvalue weighted by Gasteiger charge is 2.16. The van der Waals surface area contributed by atoms with Gasteiger partial charge in [0.15, 0.2) is 0 Å². The average molecular weight is 334 g/mol. The Morgan fingerprint density at radius 2 is 2.16 bits per heavy atom. The first-order chi connectivity index (χ1) is 12.1. The third-order valence-electron chi connectivity index (χ3n) is 3.46. The Bertz CT molecular complexity index is 988. The van der Waals surface area contributed by atoms with Gasteiger partial charge in [-0.3, -0.25) is 9.59 Å². The lowest BCUT2D eigenvalue weighted by Crippen LogP contribution is -2.35. The van der Waals surface area contributed by atoms with Crippen molar-refractivity contribution in [3.8, 4) is 12.3 Å². The summed E-state index contributed by atoms with van der Waals surface area (Å²) in [6.45, 7) is -0.115. The molecule has 3 aromatic rings. The van der Waals surface area contributed by atoms with Crippen LogP contribution in [0.3, 0.4) is 0 Å². The van der Waals surface area contributed by atoms with Crippen LogP contribution in [0, 0.1) is 12.3 Å². The SMILES string of the molecule is C#Cc1cccc(NC(=O)CN(C)C(=O)c2cnc3n[nH]nc3c2)c1. The smallest absolute Gasteiger partial charge is 0.255 e. The lowest BCUT2D eigenvalue weighted by molar-refractivity contribution is -0.116.